The molecule has 1 unspecified atom stereocenters. The van der Waals surface area contributed by atoms with Gasteiger partial charge in [-0.15, -0.1) is 0 Å². The van der Waals surface area contributed by atoms with Gasteiger partial charge in [-0.25, -0.2) is 4.72 Å². The third-order valence-electron chi connectivity index (χ3n) is 1.26. The van der Waals surface area contributed by atoms with E-state index in [4.69, 9.17) is 0 Å². The highest BCUT2D eigenvalue weighted by atomic mass is 32.2. The Morgan fingerprint density at radius 3 is 1.62 bits per heavy atom. The van der Waals surface area contributed by atoms with Gasteiger partial charge in [-0.2, -0.15) is 0 Å². The van der Waals surface area contributed by atoms with Crippen LogP contribution < -0.4 is 4.72 Å². The smallest absolute Gasteiger partial charge is 0.144 e. The van der Waals surface area contributed by atoms with Gasteiger partial charge < -0.3 is 4.55 Å². The van der Waals surface area contributed by atoms with E-state index in [0.717, 1.165) is 0 Å². The zero-order valence-corrected chi connectivity index (χ0v) is 7.91. The van der Waals surface area contributed by atoms with Crippen LogP contribution in [0.3, 0.4) is 0 Å². The fourth-order valence-corrected chi connectivity index (χ4v) is 1.23. The first-order valence-corrected chi connectivity index (χ1v) is 5.11. The Kier molecular flexibility index (Phi) is 4.83. The predicted octanol–water partition coefficient (Wildman–Crippen LogP) is 1.97. The first kappa shape index (κ1) is 9.89. The summed E-state index contributed by atoms with van der Waals surface area (Å²) in [7, 11) is 0. The summed E-state index contributed by atoms with van der Waals surface area (Å²) < 4.78 is 12.9. The topological polar surface area (TPSA) is 35.1 Å². The zero-order chi connectivity index (χ0) is 9.36. The zero-order valence-electron chi connectivity index (χ0n) is 7.09. The van der Waals surface area contributed by atoms with Crippen LogP contribution in [0.4, 0.5) is 0 Å². The summed E-state index contributed by atoms with van der Waals surface area (Å²) >= 11 is -0.958. The highest BCUT2D eigenvalue weighted by molar-refractivity contribution is 7.92. The largest absolute Gasteiger partial charge is 0.588 e. The fraction of sp³-hybridized carbons (Fsp3) is 0. The van der Waals surface area contributed by atoms with Crippen molar-refractivity contribution in [2.24, 2.45) is 0 Å². The summed E-state index contributed by atoms with van der Waals surface area (Å²) in [6.07, 6.45) is 5.18. The van der Waals surface area contributed by atoms with E-state index >= 15 is 0 Å². The second-order valence-corrected chi connectivity index (χ2v) is 3.36. The van der Waals surface area contributed by atoms with Crippen molar-refractivity contribution in [2.75, 3.05) is 0 Å². The summed E-state index contributed by atoms with van der Waals surface area (Å²) in [5, 5.41) is 1.58. The molecule has 1 aromatic rings. The van der Waals surface area contributed by atoms with Crippen molar-refractivity contribution in [1.82, 2.24) is 4.72 Å². The van der Waals surface area contributed by atoms with Gasteiger partial charge in [-0.05, 0) is 12.2 Å². The first-order chi connectivity index (χ1) is 6.39. The number of nitrogens with one attached hydrogen (secondary N) is 1. The summed E-state index contributed by atoms with van der Waals surface area (Å²) in [6.45, 7) is 0. The molecule has 0 bridgehead atoms. The van der Waals surface area contributed by atoms with Crippen molar-refractivity contribution < 1.29 is 4.55 Å². The van der Waals surface area contributed by atoms with Crippen LogP contribution in [0.1, 0.15) is 0 Å². The second kappa shape index (κ2) is 6.34. The van der Waals surface area contributed by atoms with Crippen LogP contribution in [0.25, 0.3) is 0 Å². The number of hydrogen-bond acceptors (Lipinski definition) is 2. The fourth-order valence-electron chi connectivity index (χ4n) is 0.703. The number of hydrogen-bond donors (Lipinski definition) is 1. The van der Waals surface area contributed by atoms with Crippen molar-refractivity contribution in [3.05, 3.63) is 60.2 Å². The molecule has 2 nitrogen and oxygen atoms in total. The van der Waals surface area contributed by atoms with E-state index in [9.17, 15) is 4.55 Å². The average Bonchev–Trinajstić information content (AvgIpc) is 2.22. The third kappa shape index (κ3) is 5.11. The van der Waals surface area contributed by atoms with Crippen molar-refractivity contribution in [1.29, 1.82) is 0 Å². The Labute approximate surface area is 81.3 Å². The molecular formula is C10H11NOS. The molecule has 0 spiro atoms. The Balaban J connectivity index is 0.000000132. The molecule has 0 saturated heterocycles. The maximum atomic E-state index is 10.3. The van der Waals surface area contributed by atoms with Crippen LogP contribution in [-0.2, 0) is 11.4 Å². The molecule has 13 heavy (non-hydrogen) atoms. The van der Waals surface area contributed by atoms with Crippen LogP contribution in [0.15, 0.2) is 60.2 Å². The van der Waals surface area contributed by atoms with E-state index in [1.165, 1.54) is 0 Å². The molecule has 0 amide bonds. The molecule has 0 fully saturated rings. The molecule has 2 rings (SSSR count). The van der Waals surface area contributed by atoms with Gasteiger partial charge in [0.15, 0.2) is 0 Å². The predicted molar refractivity (Wildman–Crippen MR) is 56.0 cm³/mol. The molecule has 0 aliphatic carbocycles. The Hall–Kier alpha value is -1.19. The minimum Gasteiger partial charge on any atom is -0.588 e. The molecule has 0 aromatic heterocycles. The van der Waals surface area contributed by atoms with E-state index < -0.39 is 11.4 Å². The van der Waals surface area contributed by atoms with Crippen LogP contribution in [-0.4, -0.2) is 4.55 Å². The maximum absolute atomic E-state index is 10.3. The Morgan fingerprint density at radius 2 is 1.38 bits per heavy atom. The van der Waals surface area contributed by atoms with Crippen LogP contribution in [0, 0.1) is 0 Å². The molecule has 1 N–H and O–H groups in total. The van der Waals surface area contributed by atoms with E-state index in [1.54, 1.807) is 23.8 Å². The lowest BCUT2D eigenvalue weighted by molar-refractivity contribution is 0.598. The standard InChI is InChI=1S/C6H6.C4H5NOS/c1-2-4-6-5-3-1;6-7-4-2-1-3-5-7/h1-6H;1-5H. The molecule has 3 heteroatoms. The van der Waals surface area contributed by atoms with E-state index in [0.29, 0.717) is 0 Å². The van der Waals surface area contributed by atoms with Gasteiger partial charge in [0.1, 0.15) is 5.41 Å². The summed E-state index contributed by atoms with van der Waals surface area (Å²) in [5.74, 6) is 0. The number of rotatable bonds is 0. The normalized spacial score (nSPS) is 18.4. The van der Waals surface area contributed by atoms with Gasteiger partial charge >= 0.3 is 0 Å². The van der Waals surface area contributed by atoms with Gasteiger partial charge in [-0.3, -0.25) is 0 Å². The number of benzene rings is 1. The average molecular weight is 193 g/mol. The van der Waals surface area contributed by atoms with Crippen molar-refractivity contribution >= 4 is 11.4 Å². The SMILES string of the molecule is [O-][S+]1C=CC=CN1.c1ccccc1. The second-order valence-electron chi connectivity index (χ2n) is 2.26. The molecular weight excluding hydrogens is 182 g/mol. The lowest BCUT2D eigenvalue weighted by atomic mass is 10.4. The first-order valence-electron chi connectivity index (χ1n) is 3.90. The molecule has 1 aromatic carbocycles. The quantitative estimate of drug-likeness (QED) is 0.639. The van der Waals surface area contributed by atoms with Crippen LogP contribution >= 0.6 is 0 Å². The van der Waals surface area contributed by atoms with Gasteiger partial charge in [0.25, 0.3) is 0 Å². The van der Waals surface area contributed by atoms with Gasteiger partial charge in [0, 0.05) is 6.20 Å². The lowest BCUT2D eigenvalue weighted by Crippen LogP contribution is -2.15. The van der Waals surface area contributed by atoms with Crippen LogP contribution in [0.2, 0.25) is 0 Å². The third-order valence-corrected chi connectivity index (χ3v) is 2.03. The molecule has 0 radical (unpaired) electrons. The van der Waals surface area contributed by atoms with E-state index in [1.807, 2.05) is 36.4 Å². The molecule has 1 heterocycles. The molecule has 0 saturated carbocycles. The van der Waals surface area contributed by atoms with Crippen molar-refractivity contribution in [3.63, 3.8) is 0 Å². The highest BCUT2D eigenvalue weighted by Crippen LogP contribution is 1.92. The highest BCUT2D eigenvalue weighted by Gasteiger charge is 1.95. The van der Waals surface area contributed by atoms with E-state index in [-0.39, 0.29) is 0 Å². The molecule has 1 aliphatic rings. The van der Waals surface area contributed by atoms with Gasteiger partial charge in [0.05, 0.1) is 11.4 Å². The molecule has 1 atom stereocenters. The summed E-state index contributed by atoms with van der Waals surface area (Å²) in [5.41, 5.74) is 0. The number of allylic oxidation sites excluding steroid dienone is 2. The molecule has 68 valence electrons. The monoisotopic (exact) mass is 193 g/mol. The summed E-state index contributed by atoms with van der Waals surface area (Å²) in [6, 6.07) is 12.0. The lowest BCUT2D eigenvalue weighted by Gasteiger charge is -2.03. The minimum atomic E-state index is -0.958. The Bertz CT molecular complexity index is 245. The minimum absolute atomic E-state index is 0.958. The molecule has 1 aliphatic heterocycles. The maximum Gasteiger partial charge on any atom is 0.144 e. The van der Waals surface area contributed by atoms with Crippen LogP contribution in [0.5, 0.6) is 0 Å². The van der Waals surface area contributed by atoms with Crippen molar-refractivity contribution in [2.45, 2.75) is 0 Å². The van der Waals surface area contributed by atoms with Gasteiger partial charge in [0.2, 0.25) is 0 Å². The van der Waals surface area contributed by atoms with Crippen molar-refractivity contribution in [3.8, 4) is 0 Å². The van der Waals surface area contributed by atoms with E-state index in [2.05, 4.69) is 4.72 Å². The summed E-state index contributed by atoms with van der Waals surface area (Å²) in [4.78, 5) is 0. The van der Waals surface area contributed by atoms with Gasteiger partial charge in [-0.1, -0.05) is 36.4 Å². The Morgan fingerprint density at radius 1 is 0.846 bits per heavy atom.